The van der Waals surface area contributed by atoms with E-state index < -0.39 is 0 Å². The number of hydrogen-bond donors (Lipinski definition) is 0. The number of carbonyl (C=O) groups excluding carboxylic acids is 1. The summed E-state index contributed by atoms with van der Waals surface area (Å²) in [4.78, 5) is 13.5. The first-order chi connectivity index (χ1) is 14.2. The zero-order valence-corrected chi connectivity index (χ0v) is 16.3. The molecular weight excluding hydrogens is 366 g/mol. The van der Waals surface area contributed by atoms with Crippen LogP contribution in [0, 0.1) is 0 Å². The maximum Gasteiger partial charge on any atom is 0.305 e. The lowest BCUT2D eigenvalue weighted by molar-refractivity contribution is -0.140. The summed E-state index contributed by atoms with van der Waals surface area (Å²) in [5, 5.41) is 0. The molecule has 0 atom stereocenters. The van der Waals surface area contributed by atoms with Crippen molar-refractivity contribution in [1.29, 1.82) is 0 Å². The van der Waals surface area contributed by atoms with E-state index in [1.807, 2.05) is 60.7 Å². The van der Waals surface area contributed by atoms with Crippen LogP contribution in [0.3, 0.4) is 0 Å². The average molecular weight is 389 g/mol. The van der Waals surface area contributed by atoms with Crippen molar-refractivity contribution in [2.45, 2.75) is 12.8 Å². The zero-order chi connectivity index (χ0) is 20.1. The molecule has 4 rings (SSSR count). The van der Waals surface area contributed by atoms with Gasteiger partial charge < -0.3 is 19.1 Å². The molecule has 0 amide bonds. The number of benzene rings is 3. The number of aryl methyl sites for hydroxylation is 1. The molecular formula is C24H23NO4. The molecule has 0 aromatic heterocycles. The summed E-state index contributed by atoms with van der Waals surface area (Å²) in [5.74, 6) is 2.31. The van der Waals surface area contributed by atoms with Gasteiger partial charge in [0, 0.05) is 6.42 Å². The van der Waals surface area contributed by atoms with E-state index in [4.69, 9.17) is 9.47 Å². The van der Waals surface area contributed by atoms with Crippen LogP contribution < -0.4 is 14.4 Å². The Bertz CT molecular complexity index is 939. The van der Waals surface area contributed by atoms with E-state index in [-0.39, 0.29) is 5.97 Å². The van der Waals surface area contributed by atoms with Crippen LogP contribution in [0.5, 0.6) is 17.2 Å². The molecule has 0 fully saturated rings. The molecule has 0 saturated heterocycles. The second kappa shape index (κ2) is 8.69. The molecule has 3 aromatic carbocycles. The van der Waals surface area contributed by atoms with Crippen molar-refractivity contribution in [3.8, 4) is 17.2 Å². The minimum atomic E-state index is -0.198. The summed E-state index contributed by atoms with van der Waals surface area (Å²) in [7, 11) is 1.41. The Balaban J connectivity index is 1.39. The number of fused-ring (bicyclic) bond motifs is 2. The fraction of sp³-hybridized carbons (Fsp3) is 0.208. The molecule has 0 bridgehead atoms. The largest absolute Gasteiger partial charge is 0.492 e. The highest BCUT2D eigenvalue weighted by atomic mass is 16.5. The number of para-hydroxylation sites is 4. The van der Waals surface area contributed by atoms with Gasteiger partial charge in [-0.25, -0.2) is 0 Å². The Morgan fingerprint density at radius 1 is 0.897 bits per heavy atom. The number of ether oxygens (including phenoxy) is 3. The fourth-order valence-corrected chi connectivity index (χ4v) is 3.38. The number of esters is 1. The Kier molecular flexibility index (Phi) is 5.66. The molecule has 29 heavy (non-hydrogen) atoms. The lowest BCUT2D eigenvalue weighted by Gasteiger charge is -2.32. The number of rotatable bonds is 7. The SMILES string of the molecule is COC(=O)CCc1ccc(OCCN2c3ccccc3Oc3ccccc32)cc1. The van der Waals surface area contributed by atoms with Crippen molar-refractivity contribution in [3.63, 3.8) is 0 Å². The van der Waals surface area contributed by atoms with E-state index in [9.17, 15) is 4.79 Å². The minimum Gasteiger partial charge on any atom is -0.492 e. The van der Waals surface area contributed by atoms with Gasteiger partial charge in [0.05, 0.1) is 25.0 Å². The fourth-order valence-electron chi connectivity index (χ4n) is 3.38. The third kappa shape index (κ3) is 4.35. The van der Waals surface area contributed by atoms with E-state index in [1.165, 1.54) is 7.11 Å². The number of carbonyl (C=O) groups is 1. The van der Waals surface area contributed by atoms with Gasteiger partial charge >= 0.3 is 5.97 Å². The van der Waals surface area contributed by atoms with Crippen LogP contribution in [0.1, 0.15) is 12.0 Å². The lowest BCUT2D eigenvalue weighted by Crippen LogP contribution is -2.26. The van der Waals surface area contributed by atoms with Crippen molar-refractivity contribution in [3.05, 3.63) is 78.4 Å². The Morgan fingerprint density at radius 3 is 2.14 bits per heavy atom. The molecule has 1 aliphatic heterocycles. The maximum atomic E-state index is 11.3. The standard InChI is InChI=1S/C24H23NO4/c1-27-24(26)15-12-18-10-13-19(14-11-18)28-17-16-25-20-6-2-4-8-22(20)29-23-9-5-3-7-21(23)25/h2-11,13-14H,12,15-17H2,1H3. The van der Waals surface area contributed by atoms with Crippen molar-refractivity contribution >= 4 is 17.3 Å². The first-order valence-electron chi connectivity index (χ1n) is 9.66. The molecule has 5 nitrogen and oxygen atoms in total. The van der Waals surface area contributed by atoms with E-state index >= 15 is 0 Å². The molecule has 5 heteroatoms. The van der Waals surface area contributed by atoms with Gasteiger partial charge in [-0.1, -0.05) is 36.4 Å². The van der Waals surface area contributed by atoms with Crippen LogP contribution >= 0.6 is 0 Å². The van der Waals surface area contributed by atoms with Gasteiger partial charge in [-0.05, 0) is 48.4 Å². The third-order valence-corrected chi connectivity index (χ3v) is 4.88. The van der Waals surface area contributed by atoms with Crippen molar-refractivity contribution in [2.75, 3.05) is 25.2 Å². The van der Waals surface area contributed by atoms with Crippen LogP contribution in [-0.4, -0.2) is 26.2 Å². The van der Waals surface area contributed by atoms with Crippen LogP contribution in [-0.2, 0) is 16.0 Å². The monoisotopic (exact) mass is 389 g/mol. The van der Waals surface area contributed by atoms with Gasteiger partial charge in [0.1, 0.15) is 12.4 Å². The minimum absolute atomic E-state index is 0.198. The summed E-state index contributed by atoms with van der Waals surface area (Å²) >= 11 is 0. The molecule has 0 saturated carbocycles. The van der Waals surface area contributed by atoms with E-state index in [0.717, 1.165) is 34.2 Å². The summed E-state index contributed by atoms with van der Waals surface area (Å²) in [6.07, 6.45) is 1.04. The van der Waals surface area contributed by atoms with Crippen molar-refractivity contribution in [1.82, 2.24) is 0 Å². The van der Waals surface area contributed by atoms with Crippen LogP contribution in [0.15, 0.2) is 72.8 Å². The predicted octanol–water partition coefficient (Wildman–Crippen LogP) is 5.12. The highest BCUT2D eigenvalue weighted by molar-refractivity contribution is 5.77. The number of nitrogens with zero attached hydrogens (tertiary/aromatic N) is 1. The van der Waals surface area contributed by atoms with Gasteiger partial charge in [0.25, 0.3) is 0 Å². The molecule has 0 radical (unpaired) electrons. The molecule has 3 aromatic rings. The molecule has 0 aliphatic carbocycles. The van der Waals surface area contributed by atoms with Gasteiger partial charge in [0.15, 0.2) is 11.5 Å². The van der Waals surface area contributed by atoms with Crippen LogP contribution in [0.25, 0.3) is 0 Å². The highest BCUT2D eigenvalue weighted by Crippen LogP contribution is 2.45. The van der Waals surface area contributed by atoms with Crippen molar-refractivity contribution < 1.29 is 19.0 Å². The second-order valence-corrected chi connectivity index (χ2v) is 6.76. The second-order valence-electron chi connectivity index (χ2n) is 6.76. The normalized spacial score (nSPS) is 11.8. The van der Waals surface area contributed by atoms with Gasteiger partial charge in [-0.3, -0.25) is 4.79 Å². The molecule has 0 spiro atoms. The van der Waals surface area contributed by atoms with Crippen LogP contribution in [0.4, 0.5) is 11.4 Å². The highest BCUT2D eigenvalue weighted by Gasteiger charge is 2.23. The van der Waals surface area contributed by atoms with Crippen LogP contribution in [0.2, 0.25) is 0 Å². The Labute approximate surface area is 170 Å². The lowest BCUT2D eigenvalue weighted by atomic mass is 10.1. The topological polar surface area (TPSA) is 48.0 Å². The average Bonchev–Trinajstić information content (AvgIpc) is 2.77. The van der Waals surface area contributed by atoms with E-state index in [2.05, 4.69) is 21.8 Å². The van der Waals surface area contributed by atoms with E-state index in [0.29, 0.717) is 26.0 Å². The quantitative estimate of drug-likeness (QED) is 0.525. The Hall–Kier alpha value is -3.47. The molecule has 0 unspecified atom stereocenters. The maximum absolute atomic E-state index is 11.3. The first-order valence-corrected chi connectivity index (χ1v) is 9.66. The Morgan fingerprint density at radius 2 is 1.52 bits per heavy atom. The smallest absolute Gasteiger partial charge is 0.305 e. The number of anilines is 2. The van der Waals surface area contributed by atoms with Gasteiger partial charge in [-0.15, -0.1) is 0 Å². The van der Waals surface area contributed by atoms with Crippen molar-refractivity contribution in [2.24, 2.45) is 0 Å². The van der Waals surface area contributed by atoms with Gasteiger partial charge in [0.2, 0.25) is 0 Å². The van der Waals surface area contributed by atoms with Gasteiger partial charge in [-0.2, -0.15) is 0 Å². The summed E-state index contributed by atoms with van der Waals surface area (Å²) < 4.78 is 16.7. The molecule has 0 N–H and O–H groups in total. The molecule has 1 heterocycles. The molecule has 1 aliphatic rings. The predicted molar refractivity (Wildman–Crippen MR) is 112 cm³/mol. The molecule has 148 valence electrons. The number of methoxy groups -OCH3 is 1. The summed E-state index contributed by atoms with van der Waals surface area (Å²) in [6, 6.07) is 23.9. The van der Waals surface area contributed by atoms with E-state index in [1.54, 1.807) is 0 Å². The summed E-state index contributed by atoms with van der Waals surface area (Å²) in [5.41, 5.74) is 3.15. The first kappa shape index (κ1) is 18.9. The third-order valence-electron chi connectivity index (χ3n) is 4.88. The summed E-state index contributed by atoms with van der Waals surface area (Å²) in [6.45, 7) is 1.23. The number of hydrogen-bond acceptors (Lipinski definition) is 5. The zero-order valence-electron chi connectivity index (χ0n) is 16.3.